The maximum Gasteiger partial charge on any atom is 0.223 e. The third-order valence-electron chi connectivity index (χ3n) is 8.02. The number of ether oxygens (including phenoxy) is 1. The summed E-state index contributed by atoms with van der Waals surface area (Å²) in [6.45, 7) is 0.807. The first-order valence-corrected chi connectivity index (χ1v) is 13.7. The number of pyridine rings is 1. The highest BCUT2D eigenvalue weighted by Gasteiger charge is 2.56. The SMILES string of the molecule is Nc1cc(C2(Cl)CC2c2ccnc(NC3CCCC3)n2)cc2cc(-c3ccc(OCC4CC4)cc3)nn12. The summed E-state index contributed by atoms with van der Waals surface area (Å²) in [7, 11) is 0. The second-order valence-corrected chi connectivity index (χ2v) is 11.5. The normalized spacial score (nSPS) is 23.4. The highest BCUT2D eigenvalue weighted by atomic mass is 35.5. The molecule has 7 rings (SSSR count). The zero-order chi connectivity index (χ0) is 25.0. The summed E-state index contributed by atoms with van der Waals surface area (Å²) in [6, 6.07) is 16.7. The third-order valence-corrected chi connectivity index (χ3v) is 8.65. The predicted octanol–water partition coefficient (Wildman–Crippen LogP) is 6.14. The smallest absolute Gasteiger partial charge is 0.223 e. The molecule has 0 aliphatic heterocycles. The van der Waals surface area contributed by atoms with Gasteiger partial charge in [0, 0.05) is 23.7 Å². The second kappa shape index (κ2) is 8.91. The Morgan fingerprint density at radius 2 is 1.86 bits per heavy atom. The number of nitrogens with one attached hydrogen (secondary N) is 1. The minimum Gasteiger partial charge on any atom is -0.493 e. The lowest BCUT2D eigenvalue weighted by Crippen LogP contribution is -2.17. The molecule has 3 heterocycles. The number of benzene rings is 1. The van der Waals surface area contributed by atoms with Crippen LogP contribution in [0.25, 0.3) is 16.8 Å². The molecule has 4 aromatic rings. The van der Waals surface area contributed by atoms with Gasteiger partial charge in [-0.2, -0.15) is 5.10 Å². The van der Waals surface area contributed by atoms with Crippen LogP contribution in [0, 0.1) is 5.92 Å². The lowest BCUT2D eigenvalue weighted by atomic mass is 10.1. The van der Waals surface area contributed by atoms with E-state index in [1.54, 1.807) is 4.52 Å². The molecule has 7 nitrogen and oxygen atoms in total. The van der Waals surface area contributed by atoms with E-state index in [9.17, 15) is 0 Å². The number of nitrogen functional groups attached to an aromatic ring is 1. The van der Waals surface area contributed by atoms with Crippen LogP contribution in [0.1, 0.15) is 62.1 Å². The van der Waals surface area contributed by atoms with Crippen LogP contribution in [0.15, 0.2) is 54.7 Å². The van der Waals surface area contributed by atoms with Gasteiger partial charge in [0.1, 0.15) is 11.6 Å². The van der Waals surface area contributed by atoms with Crippen molar-refractivity contribution in [2.24, 2.45) is 5.92 Å². The molecule has 2 atom stereocenters. The van der Waals surface area contributed by atoms with E-state index in [-0.39, 0.29) is 5.92 Å². The van der Waals surface area contributed by atoms with Crippen LogP contribution in [0.3, 0.4) is 0 Å². The van der Waals surface area contributed by atoms with E-state index in [4.69, 9.17) is 32.2 Å². The maximum absolute atomic E-state index is 7.18. The summed E-state index contributed by atoms with van der Waals surface area (Å²) >= 11 is 7.18. The predicted molar refractivity (Wildman–Crippen MR) is 146 cm³/mol. The van der Waals surface area contributed by atoms with Gasteiger partial charge in [0.25, 0.3) is 0 Å². The molecule has 1 aromatic carbocycles. The van der Waals surface area contributed by atoms with Crippen molar-refractivity contribution in [3.05, 3.63) is 66.0 Å². The number of hydrogen-bond donors (Lipinski definition) is 2. The highest BCUT2D eigenvalue weighted by molar-refractivity contribution is 6.27. The number of fused-ring (bicyclic) bond motifs is 1. The quantitative estimate of drug-likeness (QED) is 0.274. The van der Waals surface area contributed by atoms with Crippen molar-refractivity contribution in [1.82, 2.24) is 19.6 Å². The van der Waals surface area contributed by atoms with Crippen molar-refractivity contribution in [1.29, 1.82) is 0 Å². The van der Waals surface area contributed by atoms with Gasteiger partial charge in [0.2, 0.25) is 5.95 Å². The van der Waals surface area contributed by atoms with Crippen molar-refractivity contribution in [2.75, 3.05) is 17.7 Å². The van der Waals surface area contributed by atoms with E-state index >= 15 is 0 Å². The van der Waals surface area contributed by atoms with Crippen molar-refractivity contribution in [2.45, 2.75) is 61.8 Å². The molecule has 3 fully saturated rings. The fraction of sp³-hybridized carbons (Fsp3) is 0.414. The lowest BCUT2D eigenvalue weighted by Gasteiger charge is -2.14. The first-order valence-electron chi connectivity index (χ1n) is 13.4. The summed E-state index contributed by atoms with van der Waals surface area (Å²) in [5.41, 5.74) is 11.3. The summed E-state index contributed by atoms with van der Waals surface area (Å²) in [4.78, 5) is 8.73. The van der Waals surface area contributed by atoms with Gasteiger partial charge in [-0.25, -0.2) is 14.5 Å². The summed E-state index contributed by atoms with van der Waals surface area (Å²) in [5, 5.41) is 8.25. The molecule has 3 saturated carbocycles. The molecular formula is C29H31ClN6O. The Labute approximate surface area is 221 Å². The second-order valence-electron chi connectivity index (χ2n) is 10.9. The average molecular weight is 515 g/mol. The summed E-state index contributed by atoms with van der Waals surface area (Å²) < 4.78 is 7.65. The largest absolute Gasteiger partial charge is 0.493 e. The van der Waals surface area contributed by atoms with E-state index in [1.165, 1.54) is 38.5 Å². The average Bonchev–Trinajstić information content (AvgIpc) is 3.74. The van der Waals surface area contributed by atoms with Crippen LogP contribution in [0.4, 0.5) is 11.8 Å². The minimum atomic E-state index is -0.528. The van der Waals surface area contributed by atoms with Crippen LogP contribution >= 0.6 is 11.6 Å². The van der Waals surface area contributed by atoms with Gasteiger partial charge in [0.05, 0.1) is 28.4 Å². The zero-order valence-electron chi connectivity index (χ0n) is 20.7. The van der Waals surface area contributed by atoms with Crippen molar-refractivity contribution in [3.8, 4) is 17.0 Å². The molecule has 3 aliphatic carbocycles. The van der Waals surface area contributed by atoms with Gasteiger partial charge in [-0.15, -0.1) is 11.6 Å². The highest BCUT2D eigenvalue weighted by Crippen LogP contribution is 2.63. The van der Waals surface area contributed by atoms with E-state index in [0.29, 0.717) is 17.8 Å². The summed E-state index contributed by atoms with van der Waals surface area (Å²) in [6.07, 6.45) is 10.1. The monoisotopic (exact) mass is 514 g/mol. The molecule has 8 heteroatoms. The Balaban J connectivity index is 1.11. The number of hydrogen-bond acceptors (Lipinski definition) is 6. The fourth-order valence-electron chi connectivity index (χ4n) is 5.51. The molecule has 37 heavy (non-hydrogen) atoms. The van der Waals surface area contributed by atoms with Crippen molar-refractivity contribution >= 4 is 28.9 Å². The molecule has 0 spiro atoms. The first kappa shape index (κ1) is 22.8. The molecule has 190 valence electrons. The van der Waals surface area contributed by atoms with E-state index in [2.05, 4.69) is 22.4 Å². The maximum atomic E-state index is 7.18. The van der Waals surface area contributed by atoms with E-state index in [0.717, 1.165) is 52.7 Å². The number of rotatable bonds is 8. The molecule has 0 saturated heterocycles. The lowest BCUT2D eigenvalue weighted by molar-refractivity contribution is 0.300. The van der Waals surface area contributed by atoms with Crippen molar-refractivity contribution < 1.29 is 4.74 Å². The van der Waals surface area contributed by atoms with Gasteiger partial charge in [-0.05, 0) is 92.1 Å². The zero-order valence-corrected chi connectivity index (χ0v) is 21.5. The Hall–Kier alpha value is -3.32. The molecule has 0 radical (unpaired) electrons. The Kier molecular flexibility index (Phi) is 5.50. The summed E-state index contributed by atoms with van der Waals surface area (Å²) in [5.74, 6) is 3.02. The molecule has 3 N–H and O–H groups in total. The number of halogens is 1. The number of aromatic nitrogens is 4. The fourth-order valence-corrected chi connectivity index (χ4v) is 5.89. The van der Waals surface area contributed by atoms with Gasteiger partial charge < -0.3 is 15.8 Å². The van der Waals surface area contributed by atoms with Crippen LogP contribution in [-0.4, -0.2) is 32.2 Å². The molecule has 0 amide bonds. The van der Waals surface area contributed by atoms with Gasteiger partial charge in [-0.1, -0.05) is 12.8 Å². The number of nitrogens with two attached hydrogens (primary N) is 1. The Morgan fingerprint density at radius 3 is 2.65 bits per heavy atom. The number of anilines is 2. The van der Waals surface area contributed by atoms with Crippen LogP contribution in [0.2, 0.25) is 0 Å². The minimum absolute atomic E-state index is 0.119. The molecule has 0 bridgehead atoms. The van der Waals surface area contributed by atoms with Gasteiger partial charge in [-0.3, -0.25) is 0 Å². The molecule has 2 unspecified atom stereocenters. The van der Waals surface area contributed by atoms with E-state index in [1.807, 2.05) is 42.6 Å². The Morgan fingerprint density at radius 1 is 1.05 bits per heavy atom. The standard InChI is InChI=1S/C29H31ClN6O/c30-29(16-24(29)25-11-12-32-28(34-25)33-21-3-1-2-4-21)20-13-22-15-26(35-36(22)27(31)14-20)19-7-9-23(10-8-19)37-17-18-5-6-18/h7-15,18,21,24H,1-6,16-17,31H2,(H,32,33,34). The number of nitrogens with zero attached hydrogens (tertiary/aromatic N) is 4. The third kappa shape index (κ3) is 4.50. The molecule has 3 aromatic heterocycles. The number of alkyl halides is 1. The van der Waals surface area contributed by atoms with Crippen LogP contribution in [-0.2, 0) is 4.87 Å². The van der Waals surface area contributed by atoms with Crippen LogP contribution < -0.4 is 15.8 Å². The van der Waals surface area contributed by atoms with Gasteiger partial charge >= 0.3 is 0 Å². The Bertz CT molecular complexity index is 1440. The molecule has 3 aliphatic rings. The van der Waals surface area contributed by atoms with Gasteiger partial charge in [0.15, 0.2) is 0 Å². The molecular weight excluding hydrogens is 484 g/mol. The van der Waals surface area contributed by atoms with E-state index < -0.39 is 4.87 Å². The van der Waals surface area contributed by atoms with Crippen molar-refractivity contribution in [3.63, 3.8) is 0 Å². The topological polar surface area (TPSA) is 90.4 Å². The van der Waals surface area contributed by atoms with Crippen LogP contribution in [0.5, 0.6) is 5.75 Å². The first-order chi connectivity index (χ1) is 18.0.